The van der Waals surface area contributed by atoms with Crippen molar-refractivity contribution in [2.24, 2.45) is 10.4 Å². The molecule has 166 valence electrons. The Morgan fingerprint density at radius 1 is 1.00 bits per heavy atom. The molecule has 3 aromatic carbocycles. The summed E-state index contributed by atoms with van der Waals surface area (Å²) in [5, 5.41) is 24.0. The van der Waals surface area contributed by atoms with Crippen LogP contribution in [0.15, 0.2) is 77.8 Å². The van der Waals surface area contributed by atoms with E-state index < -0.39 is 23.4 Å². The number of nitrogens with one attached hydrogen (secondary N) is 1. The molecule has 0 radical (unpaired) electrons. The van der Waals surface area contributed by atoms with E-state index in [0.29, 0.717) is 11.4 Å². The number of benzene rings is 3. The first kappa shape index (κ1) is 21.4. The van der Waals surface area contributed by atoms with Gasteiger partial charge in [-0.1, -0.05) is 54.1 Å². The molecule has 6 heteroatoms. The van der Waals surface area contributed by atoms with E-state index in [1.807, 2.05) is 91.5 Å². The van der Waals surface area contributed by atoms with Crippen molar-refractivity contribution in [3.63, 3.8) is 0 Å². The highest BCUT2D eigenvalue weighted by Gasteiger charge is 2.64. The predicted octanol–water partition coefficient (Wildman–Crippen LogP) is 5.03. The van der Waals surface area contributed by atoms with Crippen LogP contribution < -0.4 is 10.2 Å². The lowest BCUT2D eigenvalue weighted by Gasteiger charge is -2.34. The van der Waals surface area contributed by atoms with E-state index in [-0.39, 0.29) is 5.91 Å². The Labute approximate surface area is 198 Å². The average molecular weight is 446 g/mol. The lowest BCUT2D eigenvalue weighted by molar-refractivity contribution is -0.117. The maximum Gasteiger partial charge on any atom is 0.247 e. The summed E-state index contributed by atoms with van der Waals surface area (Å²) in [6.07, 6.45) is 1.65. The molecule has 0 spiro atoms. The molecule has 1 fully saturated rings. The van der Waals surface area contributed by atoms with E-state index in [0.717, 1.165) is 22.4 Å². The predicted molar refractivity (Wildman–Crippen MR) is 132 cm³/mol. The zero-order chi connectivity index (χ0) is 23.9. The summed E-state index contributed by atoms with van der Waals surface area (Å²) in [4.78, 5) is 20.4. The van der Waals surface area contributed by atoms with Gasteiger partial charge in [0.2, 0.25) is 5.91 Å². The van der Waals surface area contributed by atoms with Crippen molar-refractivity contribution in [1.29, 1.82) is 10.5 Å². The SMILES string of the molecule is Cc1ccc([C@@H]2[C@@H](C(=O)Nc3ccccc3)N3c4ccccc4N=C[C@H]3C2(C#N)C#N)c(C)c1. The van der Waals surface area contributed by atoms with E-state index in [9.17, 15) is 15.3 Å². The number of fused-ring (bicyclic) bond motifs is 3. The number of carbonyl (C=O) groups is 1. The third kappa shape index (κ3) is 3.16. The molecule has 0 unspecified atom stereocenters. The smallest absolute Gasteiger partial charge is 0.247 e. The van der Waals surface area contributed by atoms with Crippen LogP contribution in [0.4, 0.5) is 17.1 Å². The van der Waals surface area contributed by atoms with Crippen LogP contribution in [-0.4, -0.2) is 24.2 Å². The molecule has 0 aromatic heterocycles. The van der Waals surface area contributed by atoms with Gasteiger partial charge in [0.05, 0.1) is 29.6 Å². The molecule has 1 saturated heterocycles. The summed E-state index contributed by atoms with van der Waals surface area (Å²) in [7, 11) is 0. The normalized spacial score (nSPS) is 21.6. The molecule has 2 heterocycles. The minimum Gasteiger partial charge on any atom is -0.346 e. The van der Waals surface area contributed by atoms with Gasteiger partial charge in [0.1, 0.15) is 6.04 Å². The number of para-hydroxylation sites is 3. The van der Waals surface area contributed by atoms with Crippen molar-refractivity contribution in [2.75, 3.05) is 10.2 Å². The van der Waals surface area contributed by atoms with Gasteiger partial charge in [0.15, 0.2) is 5.41 Å². The fraction of sp³-hybridized carbons (Fsp3) is 0.214. The molecule has 6 nitrogen and oxygen atoms in total. The first-order chi connectivity index (χ1) is 16.5. The van der Waals surface area contributed by atoms with Crippen LogP contribution in [0.2, 0.25) is 0 Å². The molecular formula is C28H23N5O. The highest BCUT2D eigenvalue weighted by atomic mass is 16.2. The quantitative estimate of drug-likeness (QED) is 0.612. The molecular weight excluding hydrogens is 422 g/mol. The number of anilines is 2. The van der Waals surface area contributed by atoms with Gasteiger partial charge in [-0.15, -0.1) is 0 Å². The van der Waals surface area contributed by atoms with Crippen molar-refractivity contribution in [3.8, 4) is 12.1 Å². The second-order valence-electron chi connectivity index (χ2n) is 8.85. The van der Waals surface area contributed by atoms with E-state index in [1.165, 1.54) is 0 Å². The van der Waals surface area contributed by atoms with E-state index >= 15 is 0 Å². The summed E-state index contributed by atoms with van der Waals surface area (Å²) in [5.74, 6) is -0.951. The van der Waals surface area contributed by atoms with Gasteiger partial charge < -0.3 is 10.2 Å². The van der Waals surface area contributed by atoms with E-state index in [2.05, 4.69) is 22.4 Å². The molecule has 1 amide bonds. The Morgan fingerprint density at radius 2 is 1.71 bits per heavy atom. The Balaban J connectivity index is 1.74. The minimum atomic E-state index is -1.50. The summed E-state index contributed by atoms with van der Waals surface area (Å²) in [5.41, 5.74) is 3.45. The molecule has 0 bridgehead atoms. The number of hydrogen-bond donors (Lipinski definition) is 1. The first-order valence-corrected chi connectivity index (χ1v) is 11.2. The largest absolute Gasteiger partial charge is 0.346 e. The van der Waals surface area contributed by atoms with Gasteiger partial charge in [-0.25, -0.2) is 0 Å². The second-order valence-corrected chi connectivity index (χ2v) is 8.85. The summed E-state index contributed by atoms with van der Waals surface area (Å²) >= 11 is 0. The number of rotatable bonds is 3. The topological polar surface area (TPSA) is 92.3 Å². The fourth-order valence-corrected chi connectivity index (χ4v) is 5.32. The maximum absolute atomic E-state index is 13.9. The van der Waals surface area contributed by atoms with Crippen LogP contribution in [0.25, 0.3) is 0 Å². The van der Waals surface area contributed by atoms with Gasteiger partial charge in [0, 0.05) is 17.8 Å². The molecule has 2 aliphatic rings. The number of amides is 1. The van der Waals surface area contributed by atoms with Gasteiger partial charge in [-0.05, 0) is 49.2 Å². The third-order valence-electron chi connectivity index (χ3n) is 6.83. The molecule has 34 heavy (non-hydrogen) atoms. The highest BCUT2D eigenvalue weighted by molar-refractivity contribution is 6.02. The van der Waals surface area contributed by atoms with Gasteiger partial charge in [-0.2, -0.15) is 10.5 Å². The second kappa shape index (κ2) is 8.17. The third-order valence-corrected chi connectivity index (χ3v) is 6.83. The van der Waals surface area contributed by atoms with Crippen molar-refractivity contribution >= 4 is 29.2 Å². The van der Waals surface area contributed by atoms with Crippen LogP contribution in [0, 0.1) is 41.9 Å². The van der Waals surface area contributed by atoms with Crippen LogP contribution in [0.3, 0.4) is 0 Å². The van der Waals surface area contributed by atoms with Gasteiger partial charge in [-0.3, -0.25) is 9.79 Å². The van der Waals surface area contributed by atoms with Crippen molar-refractivity contribution in [2.45, 2.75) is 31.8 Å². The van der Waals surface area contributed by atoms with Gasteiger partial charge >= 0.3 is 0 Å². The minimum absolute atomic E-state index is 0.265. The molecule has 2 aliphatic heterocycles. The highest BCUT2D eigenvalue weighted by Crippen LogP contribution is 2.55. The Bertz CT molecular complexity index is 1370. The van der Waals surface area contributed by atoms with Gasteiger partial charge in [0.25, 0.3) is 0 Å². The molecule has 0 saturated carbocycles. The fourth-order valence-electron chi connectivity index (χ4n) is 5.32. The number of hydrogen-bond acceptors (Lipinski definition) is 5. The van der Waals surface area contributed by atoms with Crippen molar-refractivity contribution < 1.29 is 4.79 Å². The lowest BCUT2D eigenvalue weighted by Crippen LogP contribution is -2.47. The Morgan fingerprint density at radius 3 is 2.41 bits per heavy atom. The monoisotopic (exact) mass is 445 g/mol. The number of carbonyl (C=O) groups excluding carboxylic acids is 1. The summed E-state index contributed by atoms with van der Waals surface area (Å²) in [6.45, 7) is 3.96. The number of nitrogens with zero attached hydrogens (tertiary/aromatic N) is 4. The number of nitriles is 2. The lowest BCUT2D eigenvalue weighted by atomic mass is 9.69. The molecule has 5 rings (SSSR count). The zero-order valence-corrected chi connectivity index (χ0v) is 18.9. The maximum atomic E-state index is 13.9. The Kier molecular flexibility index (Phi) is 5.15. The number of aliphatic imine (C=N–C) groups is 1. The summed E-state index contributed by atoms with van der Waals surface area (Å²) in [6, 6.07) is 25.9. The van der Waals surface area contributed by atoms with Crippen molar-refractivity contribution in [3.05, 3.63) is 89.5 Å². The van der Waals surface area contributed by atoms with E-state index in [4.69, 9.17) is 0 Å². The average Bonchev–Trinajstić information content (AvgIpc) is 3.15. The molecule has 3 atom stereocenters. The molecule has 0 aliphatic carbocycles. The molecule has 3 aromatic rings. The Hall–Kier alpha value is -4.42. The zero-order valence-electron chi connectivity index (χ0n) is 18.9. The molecule has 1 N–H and O–H groups in total. The first-order valence-electron chi connectivity index (χ1n) is 11.2. The number of aryl methyl sites for hydroxylation is 2. The van der Waals surface area contributed by atoms with Crippen LogP contribution >= 0.6 is 0 Å². The van der Waals surface area contributed by atoms with Crippen LogP contribution in [0.1, 0.15) is 22.6 Å². The van der Waals surface area contributed by atoms with Crippen LogP contribution in [-0.2, 0) is 4.79 Å². The van der Waals surface area contributed by atoms with Crippen LogP contribution in [0.5, 0.6) is 0 Å². The van der Waals surface area contributed by atoms with Crippen molar-refractivity contribution in [1.82, 2.24) is 0 Å². The van der Waals surface area contributed by atoms with E-state index in [1.54, 1.807) is 6.21 Å². The standard InChI is InChI=1S/C28H23N5O/c1-18-12-13-21(19(2)14-18)25-26(27(34)32-20-8-4-3-5-9-20)33-23-11-7-6-10-22(23)31-15-24(33)28(25,16-29)17-30/h3-15,24-26H,1-2H3,(H,32,34)/t24-,25+,26-/m0/s1. The summed E-state index contributed by atoms with van der Waals surface area (Å²) < 4.78 is 0.